The number of hydrogen-bond acceptors (Lipinski definition) is 3. The third-order valence-electron chi connectivity index (χ3n) is 1.57. The van der Waals surface area contributed by atoms with Crippen LogP contribution in [0.1, 0.15) is 5.69 Å². The SMILES string of the molecule is N#Cc1cnc(-c2cscc2Cl)[nH]1. The minimum atomic E-state index is 0.442. The van der Waals surface area contributed by atoms with Crippen LogP contribution in [0.15, 0.2) is 17.0 Å². The van der Waals surface area contributed by atoms with Crippen LogP contribution in [0.25, 0.3) is 11.4 Å². The molecule has 2 heterocycles. The maximum absolute atomic E-state index is 8.57. The molecule has 0 bridgehead atoms. The first-order valence-corrected chi connectivity index (χ1v) is 4.80. The number of thiophene rings is 1. The number of nitrogens with zero attached hydrogens (tertiary/aromatic N) is 2. The van der Waals surface area contributed by atoms with Gasteiger partial charge in [0.05, 0.1) is 11.2 Å². The Morgan fingerprint density at radius 2 is 2.38 bits per heavy atom. The molecule has 2 aromatic rings. The molecular formula is C8H4ClN3S. The maximum atomic E-state index is 8.57. The monoisotopic (exact) mass is 209 g/mol. The van der Waals surface area contributed by atoms with Gasteiger partial charge in [-0.1, -0.05) is 11.6 Å². The number of aromatic amines is 1. The number of halogens is 1. The first kappa shape index (κ1) is 8.30. The number of nitriles is 1. The molecule has 0 saturated carbocycles. The highest BCUT2D eigenvalue weighted by molar-refractivity contribution is 7.08. The number of H-pyrrole nitrogens is 1. The second kappa shape index (κ2) is 3.21. The van der Waals surface area contributed by atoms with Crippen LogP contribution in [-0.4, -0.2) is 9.97 Å². The van der Waals surface area contributed by atoms with Crippen molar-refractivity contribution in [1.82, 2.24) is 9.97 Å². The van der Waals surface area contributed by atoms with Crippen LogP contribution in [0.5, 0.6) is 0 Å². The van der Waals surface area contributed by atoms with Gasteiger partial charge in [-0.3, -0.25) is 0 Å². The van der Waals surface area contributed by atoms with E-state index >= 15 is 0 Å². The van der Waals surface area contributed by atoms with Crippen molar-refractivity contribution in [2.24, 2.45) is 0 Å². The smallest absolute Gasteiger partial charge is 0.140 e. The van der Waals surface area contributed by atoms with Crippen molar-refractivity contribution >= 4 is 22.9 Å². The molecule has 0 amide bonds. The van der Waals surface area contributed by atoms with Crippen LogP contribution in [0.4, 0.5) is 0 Å². The van der Waals surface area contributed by atoms with Crippen molar-refractivity contribution in [2.45, 2.75) is 0 Å². The van der Waals surface area contributed by atoms with Crippen LogP contribution in [-0.2, 0) is 0 Å². The molecule has 64 valence electrons. The van der Waals surface area contributed by atoms with Crippen molar-refractivity contribution in [1.29, 1.82) is 5.26 Å². The van der Waals surface area contributed by atoms with E-state index in [-0.39, 0.29) is 0 Å². The highest BCUT2D eigenvalue weighted by Crippen LogP contribution is 2.28. The standard InChI is InChI=1S/C8H4ClN3S/c9-7-4-13-3-6(7)8-11-2-5(1-10)12-8/h2-4H,(H,11,12). The Labute approximate surface area is 83.6 Å². The zero-order chi connectivity index (χ0) is 9.26. The summed E-state index contributed by atoms with van der Waals surface area (Å²) in [6, 6.07) is 1.97. The zero-order valence-electron chi connectivity index (χ0n) is 6.41. The van der Waals surface area contributed by atoms with Crippen LogP contribution in [0, 0.1) is 11.3 Å². The van der Waals surface area contributed by atoms with Crippen molar-refractivity contribution in [2.75, 3.05) is 0 Å². The van der Waals surface area contributed by atoms with Crippen LogP contribution >= 0.6 is 22.9 Å². The predicted molar refractivity (Wildman–Crippen MR) is 51.6 cm³/mol. The molecule has 0 aromatic carbocycles. The Hall–Kier alpha value is -1.31. The fourth-order valence-electron chi connectivity index (χ4n) is 0.965. The van der Waals surface area contributed by atoms with Crippen LogP contribution < -0.4 is 0 Å². The van der Waals surface area contributed by atoms with E-state index < -0.39 is 0 Å². The van der Waals surface area contributed by atoms with Gasteiger partial charge < -0.3 is 4.98 Å². The van der Waals surface area contributed by atoms with Crippen molar-refractivity contribution < 1.29 is 0 Å². The third kappa shape index (κ3) is 1.44. The van der Waals surface area contributed by atoms with Gasteiger partial charge in [-0.2, -0.15) is 16.6 Å². The van der Waals surface area contributed by atoms with Gasteiger partial charge >= 0.3 is 0 Å². The molecule has 0 aliphatic heterocycles. The number of rotatable bonds is 1. The molecule has 0 aliphatic carbocycles. The van der Waals surface area contributed by atoms with E-state index in [0.717, 1.165) is 5.56 Å². The molecule has 0 saturated heterocycles. The molecule has 13 heavy (non-hydrogen) atoms. The second-order valence-corrected chi connectivity index (χ2v) is 3.54. The second-order valence-electron chi connectivity index (χ2n) is 2.39. The normalized spacial score (nSPS) is 9.85. The minimum absolute atomic E-state index is 0.442. The Morgan fingerprint density at radius 3 is 2.92 bits per heavy atom. The van der Waals surface area contributed by atoms with Gasteiger partial charge in [0.2, 0.25) is 0 Å². The lowest BCUT2D eigenvalue weighted by atomic mass is 10.3. The number of hydrogen-bond donors (Lipinski definition) is 1. The molecule has 1 N–H and O–H groups in total. The first-order chi connectivity index (χ1) is 6.31. The molecule has 0 unspecified atom stereocenters. The number of imidazole rings is 1. The van der Waals surface area contributed by atoms with E-state index in [9.17, 15) is 0 Å². The van der Waals surface area contributed by atoms with Gasteiger partial charge in [0.1, 0.15) is 17.6 Å². The lowest BCUT2D eigenvalue weighted by Crippen LogP contribution is -1.77. The van der Waals surface area contributed by atoms with Gasteiger partial charge in [0.15, 0.2) is 0 Å². The van der Waals surface area contributed by atoms with E-state index in [0.29, 0.717) is 16.5 Å². The van der Waals surface area contributed by atoms with Gasteiger partial charge in [-0.05, 0) is 0 Å². The van der Waals surface area contributed by atoms with Crippen molar-refractivity contribution in [3.05, 3.63) is 27.7 Å². The molecule has 2 aromatic heterocycles. The van der Waals surface area contributed by atoms with E-state index in [2.05, 4.69) is 9.97 Å². The highest BCUT2D eigenvalue weighted by Gasteiger charge is 2.07. The molecule has 0 atom stereocenters. The molecule has 0 radical (unpaired) electrons. The summed E-state index contributed by atoms with van der Waals surface area (Å²) in [7, 11) is 0. The third-order valence-corrected chi connectivity index (χ3v) is 2.75. The van der Waals surface area contributed by atoms with E-state index in [1.165, 1.54) is 17.5 Å². The van der Waals surface area contributed by atoms with Crippen LogP contribution in [0.2, 0.25) is 5.02 Å². The molecule has 5 heteroatoms. The molecular weight excluding hydrogens is 206 g/mol. The van der Waals surface area contributed by atoms with Gasteiger partial charge in [-0.25, -0.2) is 4.98 Å². The first-order valence-electron chi connectivity index (χ1n) is 3.48. The molecule has 0 spiro atoms. The molecule has 0 aliphatic rings. The van der Waals surface area contributed by atoms with E-state index in [4.69, 9.17) is 16.9 Å². The predicted octanol–water partition coefficient (Wildman–Crippen LogP) is 2.66. The highest BCUT2D eigenvalue weighted by atomic mass is 35.5. The quantitative estimate of drug-likeness (QED) is 0.785. The van der Waals surface area contributed by atoms with Gasteiger partial charge in [0.25, 0.3) is 0 Å². The van der Waals surface area contributed by atoms with Crippen molar-refractivity contribution in [3.8, 4) is 17.5 Å². The minimum Gasteiger partial charge on any atom is -0.330 e. The van der Waals surface area contributed by atoms with Crippen LogP contribution in [0.3, 0.4) is 0 Å². The van der Waals surface area contributed by atoms with Crippen molar-refractivity contribution in [3.63, 3.8) is 0 Å². The molecule has 2 rings (SSSR count). The summed E-state index contributed by atoms with van der Waals surface area (Å²) in [5.41, 5.74) is 1.28. The maximum Gasteiger partial charge on any atom is 0.140 e. The largest absolute Gasteiger partial charge is 0.330 e. The fraction of sp³-hybridized carbons (Fsp3) is 0. The summed E-state index contributed by atoms with van der Waals surface area (Å²) in [4.78, 5) is 6.89. The van der Waals surface area contributed by atoms with E-state index in [1.807, 2.05) is 16.8 Å². The average Bonchev–Trinajstić information content (AvgIpc) is 2.71. The number of nitrogens with one attached hydrogen (secondary N) is 1. The topological polar surface area (TPSA) is 52.5 Å². The average molecular weight is 210 g/mol. The Bertz CT molecular complexity index is 466. The lowest BCUT2D eigenvalue weighted by molar-refractivity contribution is 1.30. The lowest BCUT2D eigenvalue weighted by Gasteiger charge is -1.90. The van der Waals surface area contributed by atoms with Gasteiger partial charge in [-0.15, -0.1) is 0 Å². The van der Waals surface area contributed by atoms with E-state index in [1.54, 1.807) is 0 Å². The summed E-state index contributed by atoms with van der Waals surface area (Å²) in [5, 5.41) is 12.9. The Balaban J connectivity index is 2.48. The summed E-state index contributed by atoms with van der Waals surface area (Å²) in [6.07, 6.45) is 1.49. The van der Waals surface area contributed by atoms with Gasteiger partial charge in [0, 0.05) is 16.3 Å². The molecule has 0 fully saturated rings. The summed E-state index contributed by atoms with van der Waals surface area (Å²) >= 11 is 7.40. The summed E-state index contributed by atoms with van der Waals surface area (Å²) in [6.45, 7) is 0. The summed E-state index contributed by atoms with van der Waals surface area (Å²) in [5.74, 6) is 0.641. The summed E-state index contributed by atoms with van der Waals surface area (Å²) < 4.78 is 0. The fourth-order valence-corrected chi connectivity index (χ4v) is 2.02. The molecule has 3 nitrogen and oxygen atoms in total. The Morgan fingerprint density at radius 1 is 1.54 bits per heavy atom. The number of aromatic nitrogens is 2. The Kier molecular flexibility index (Phi) is 2.05. The zero-order valence-corrected chi connectivity index (χ0v) is 7.99.